The Hall–Kier alpha value is -0.980. The third-order valence-electron chi connectivity index (χ3n) is 2.85. The zero-order valence-electron chi connectivity index (χ0n) is 10.6. The molecule has 0 radical (unpaired) electrons. The number of imidazole rings is 1. The van der Waals surface area contributed by atoms with E-state index < -0.39 is 0 Å². The highest BCUT2D eigenvalue weighted by atomic mass is 79.9. The average Bonchev–Trinajstić information content (AvgIpc) is 2.67. The zero-order chi connectivity index (χ0) is 13.1. The van der Waals surface area contributed by atoms with E-state index in [4.69, 9.17) is 10.5 Å². The van der Waals surface area contributed by atoms with Crippen molar-refractivity contribution in [2.75, 3.05) is 7.11 Å². The summed E-state index contributed by atoms with van der Waals surface area (Å²) < 4.78 is 8.14. The monoisotopic (exact) mass is 312 g/mol. The molecule has 0 bridgehead atoms. The van der Waals surface area contributed by atoms with Gasteiger partial charge in [-0.2, -0.15) is 0 Å². The average molecular weight is 313 g/mol. The summed E-state index contributed by atoms with van der Waals surface area (Å²) in [5.74, 6) is 0.863. The standard InChI is InChI=1S/C12H17BrN4O/c1-3-9(14)6-17-11(7-18-2)16-10-4-8(13)5-15-12(10)17/h4-5,9H,3,6-7,14H2,1-2H3. The van der Waals surface area contributed by atoms with Crippen LogP contribution in [0.2, 0.25) is 0 Å². The molecule has 0 amide bonds. The van der Waals surface area contributed by atoms with E-state index >= 15 is 0 Å². The molecule has 2 rings (SSSR count). The van der Waals surface area contributed by atoms with Crippen LogP contribution in [0.5, 0.6) is 0 Å². The van der Waals surface area contributed by atoms with Crippen LogP contribution in [0.1, 0.15) is 19.2 Å². The number of nitrogens with zero attached hydrogens (tertiary/aromatic N) is 3. The molecule has 0 saturated carbocycles. The zero-order valence-corrected chi connectivity index (χ0v) is 12.1. The second kappa shape index (κ2) is 5.77. The van der Waals surface area contributed by atoms with Crippen molar-refractivity contribution in [2.45, 2.75) is 32.5 Å². The number of halogens is 1. The first kappa shape index (κ1) is 13.5. The Labute approximate surface area is 114 Å². The van der Waals surface area contributed by atoms with Crippen LogP contribution in [0.3, 0.4) is 0 Å². The van der Waals surface area contributed by atoms with Crippen LogP contribution in [0.4, 0.5) is 0 Å². The molecule has 0 saturated heterocycles. The minimum absolute atomic E-state index is 0.100. The van der Waals surface area contributed by atoms with E-state index in [-0.39, 0.29) is 6.04 Å². The van der Waals surface area contributed by atoms with Crippen molar-refractivity contribution in [3.63, 3.8) is 0 Å². The van der Waals surface area contributed by atoms with Gasteiger partial charge in [0.1, 0.15) is 17.9 Å². The third-order valence-corrected chi connectivity index (χ3v) is 3.28. The van der Waals surface area contributed by atoms with Crippen LogP contribution in [0.25, 0.3) is 11.2 Å². The van der Waals surface area contributed by atoms with E-state index in [2.05, 4.69) is 32.8 Å². The molecule has 0 spiro atoms. The topological polar surface area (TPSA) is 66.0 Å². The molecule has 2 aromatic rings. The lowest BCUT2D eigenvalue weighted by atomic mass is 10.2. The molecule has 2 aromatic heterocycles. The van der Waals surface area contributed by atoms with E-state index in [0.29, 0.717) is 13.2 Å². The molecule has 18 heavy (non-hydrogen) atoms. The predicted octanol–water partition coefficient (Wildman–Crippen LogP) is 2.08. The Morgan fingerprint density at radius 1 is 1.56 bits per heavy atom. The van der Waals surface area contributed by atoms with Crippen LogP contribution < -0.4 is 5.73 Å². The summed E-state index contributed by atoms with van der Waals surface area (Å²) >= 11 is 3.40. The van der Waals surface area contributed by atoms with E-state index in [0.717, 1.165) is 27.9 Å². The van der Waals surface area contributed by atoms with Crippen molar-refractivity contribution < 1.29 is 4.74 Å². The van der Waals surface area contributed by atoms with E-state index in [1.807, 2.05) is 10.6 Å². The Morgan fingerprint density at radius 2 is 2.33 bits per heavy atom. The van der Waals surface area contributed by atoms with Gasteiger partial charge in [0.25, 0.3) is 0 Å². The van der Waals surface area contributed by atoms with Gasteiger partial charge < -0.3 is 15.0 Å². The minimum Gasteiger partial charge on any atom is -0.377 e. The maximum Gasteiger partial charge on any atom is 0.160 e. The smallest absolute Gasteiger partial charge is 0.160 e. The number of pyridine rings is 1. The van der Waals surface area contributed by atoms with Crippen molar-refractivity contribution in [2.24, 2.45) is 5.73 Å². The van der Waals surface area contributed by atoms with Crippen molar-refractivity contribution in [3.8, 4) is 0 Å². The predicted molar refractivity (Wildman–Crippen MR) is 74.2 cm³/mol. The molecule has 1 atom stereocenters. The number of nitrogens with two attached hydrogens (primary N) is 1. The first-order valence-corrected chi connectivity index (χ1v) is 6.70. The molecule has 0 aromatic carbocycles. The largest absolute Gasteiger partial charge is 0.377 e. The molecule has 5 nitrogen and oxygen atoms in total. The van der Waals surface area contributed by atoms with Crippen molar-refractivity contribution >= 4 is 27.1 Å². The summed E-state index contributed by atoms with van der Waals surface area (Å²) in [5, 5.41) is 0. The van der Waals surface area contributed by atoms with Crippen molar-refractivity contribution in [3.05, 3.63) is 22.6 Å². The fourth-order valence-electron chi connectivity index (χ4n) is 1.83. The van der Waals surface area contributed by atoms with Gasteiger partial charge in [0.05, 0.1) is 0 Å². The number of methoxy groups -OCH3 is 1. The lowest BCUT2D eigenvalue weighted by molar-refractivity contribution is 0.174. The van der Waals surface area contributed by atoms with Crippen LogP contribution in [0, 0.1) is 0 Å². The third kappa shape index (κ3) is 2.71. The summed E-state index contributed by atoms with van der Waals surface area (Å²) in [6.45, 7) is 3.24. The van der Waals surface area contributed by atoms with E-state index in [1.54, 1.807) is 13.3 Å². The second-order valence-corrected chi connectivity index (χ2v) is 5.15. The van der Waals surface area contributed by atoms with Gasteiger partial charge in [-0.05, 0) is 28.4 Å². The fourth-order valence-corrected chi connectivity index (χ4v) is 2.15. The Bertz CT molecular complexity index is 540. The highest BCUT2D eigenvalue weighted by Crippen LogP contribution is 2.19. The van der Waals surface area contributed by atoms with Crippen molar-refractivity contribution in [1.82, 2.24) is 14.5 Å². The van der Waals surface area contributed by atoms with Gasteiger partial charge >= 0.3 is 0 Å². The van der Waals surface area contributed by atoms with Crippen LogP contribution in [0.15, 0.2) is 16.7 Å². The number of aromatic nitrogens is 3. The molecule has 98 valence electrons. The van der Waals surface area contributed by atoms with Gasteiger partial charge in [-0.3, -0.25) is 0 Å². The first-order chi connectivity index (χ1) is 8.65. The van der Waals surface area contributed by atoms with Crippen molar-refractivity contribution in [1.29, 1.82) is 0 Å². The summed E-state index contributed by atoms with van der Waals surface area (Å²) in [5.41, 5.74) is 7.74. The van der Waals surface area contributed by atoms with Crippen LogP contribution in [-0.4, -0.2) is 27.7 Å². The lowest BCUT2D eigenvalue weighted by Crippen LogP contribution is -2.26. The first-order valence-electron chi connectivity index (χ1n) is 5.90. The molecule has 2 heterocycles. The summed E-state index contributed by atoms with van der Waals surface area (Å²) in [6, 6.07) is 2.05. The van der Waals surface area contributed by atoms with Crippen LogP contribution in [-0.2, 0) is 17.9 Å². The molecule has 6 heteroatoms. The Balaban J connectivity index is 2.48. The van der Waals surface area contributed by atoms with Gasteiger partial charge in [-0.1, -0.05) is 6.92 Å². The maximum atomic E-state index is 6.02. The summed E-state index contributed by atoms with van der Waals surface area (Å²) in [4.78, 5) is 8.95. The van der Waals surface area contributed by atoms with Crippen LogP contribution >= 0.6 is 15.9 Å². The molecule has 0 aliphatic rings. The Morgan fingerprint density at radius 3 is 3.00 bits per heavy atom. The molecular weight excluding hydrogens is 296 g/mol. The maximum absolute atomic E-state index is 6.02. The van der Waals surface area contributed by atoms with Gasteiger partial charge in [0.2, 0.25) is 0 Å². The molecule has 0 aliphatic heterocycles. The lowest BCUT2D eigenvalue weighted by Gasteiger charge is -2.12. The molecule has 0 aliphatic carbocycles. The second-order valence-electron chi connectivity index (χ2n) is 4.24. The number of hydrogen-bond acceptors (Lipinski definition) is 4. The number of fused-ring (bicyclic) bond motifs is 1. The SMILES string of the molecule is CCC(N)Cn1c(COC)nc2cc(Br)cnc21. The number of hydrogen-bond donors (Lipinski definition) is 1. The van der Waals surface area contributed by atoms with Gasteiger partial charge in [0, 0.05) is 30.4 Å². The normalized spacial score (nSPS) is 13.1. The summed E-state index contributed by atoms with van der Waals surface area (Å²) in [6.07, 6.45) is 2.69. The Kier molecular flexibility index (Phi) is 4.31. The summed E-state index contributed by atoms with van der Waals surface area (Å²) in [7, 11) is 1.66. The van der Waals surface area contributed by atoms with Gasteiger partial charge in [0.15, 0.2) is 5.65 Å². The van der Waals surface area contributed by atoms with E-state index in [1.165, 1.54) is 0 Å². The highest BCUT2D eigenvalue weighted by molar-refractivity contribution is 9.10. The quantitative estimate of drug-likeness (QED) is 0.918. The van der Waals surface area contributed by atoms with E-state index in [9.17, 15) is 0 Å². The molecular formula is C12H17BrN4O. The molecule has 0 fully saturated rings. The van der Waals surface area contributed by atoms with Gasteiger partial charge in [-0.25, -0.2) is 9.97 Å². The number of rotatable bonds is 5. The fraction of sp³-hybridized carbons (Fsp3) is 0.500. The minimum atomic E-state index is 0.100. The number of ether oxygens (including phenoxy) is 1. The molecule has 1 unspecified atom stereocenters. The highest BCUT2D eigenvalue weighted by Gasteiger charge is 2.14. The van der Waals surface area contributed by atoms with Gasteiger partial charge in [-0.15, -0.1) is 0 Å². The molecule has 2 N–H and O–H groups in total.